The van der Waals surface area contributed by atoms with Crippen molar-refractivity contribution in [3.63, 3.8) is 0 Å². The Morgan fingerprint density at radius 3 is 2.09 bits per heavy atom. The monoisotopic (exact) mass is 506 g/mol. The highest BCUT2D eigenvalue weighted by atomic mass is 32.1. The lowest BCUT2D eigenvalue weighted by Crippen LogP contribution is -2.36. The Morgan fingerprint density at radius 1 is 0.912 bits per heavy atom. The van der Waals surface area contributed by atoms with Crippen LogP contribution in [0.5, 0.6) is 5.75 Å². The summed E-state index contributed by atoms with van der Waals surface area (Å²) in [5, 5.41) is 0. The molecule has 0 fully saturated rings. The molecule has 0 saturated carbocycles. The number of ether oxygens (including phenoxy) is 1. The zero-order valence-electron chi connectivity index (χ0n) is 21.9. The zero-order chi connectivity index (χ0) is 24.9. The van der Waals surface area contributed by atoms with E-state index in [4.69, 9.17) is 22.7 Å². The average molecular weight is 507 g/mol. The van der Waals surface area contributed by atoms with Crippen LogP contribution in [0.1, 0.15) is 102 Å². The third kappa shape index (κ3) is 15.1. The Hall–Kier alpha value is -1.04. The predicted octanol–water partition coefficient (Wildman–Crippen LogP) is 8.15. The summed E-state index contributed by atoms with van der Waals surface area (Å²) >= 11 is 10.2. The molecule has 34 heavy (non-hydrogen) atoms. The van der Waals surface area contributed by atoms with E-state index in [0.717, 1.165) is 40.7 Å². The maximum absolute atomic E-state index is 5.85. The van der Waals surface area contributed by atoms with E-state index in [0.29, 0.717) is 6.54 Å². The van der Waals surface area contributed by atoms with Gasteiger partial charge in [0.05, 0.1) is 12.1 Å². The van der Waals surface area contributed by atoms with Crippen LogP contribution in [-0.4, -0.2) is 36.6 Å². The maximum atomic E-state index is 5.85. The van der Waals surface area contributed by atoms with Gasteiger partial charge in [0.1, 0.15) is 5.75 Å². The van der Waals surface area contributed by atoms with Gasteiger partial charge in [-0.1, -0.05) is 95.1 Å². The van der Waals surface area contributed by atoms with Crippen molar-refractivity contribution in [3.05, 3.63) is 35.9 Å². The lowest BCUT2D eigenvalue weighted by molar-refractivity contribution is 0.403. The summed E-state index contributed by atoms with van der Waals surface area (Å²) in [4.78, 5) is 4.10. The molecule has 5 heteroatoms. The number of thiol groups is 1. The highest BCUT2D eigenvalue weighted by Crippen LogP contribution is 2.24. The van der Waals surface area contributed by atoms with Crippen molar-refractivity contribution >= 4 is 29.8 Å². The van der Waals surface area contributed by atoms with Gasteiger partial charge in [0.2, 0.25) is 0 Å². The van der Waals surface area contributed by atoms with Crippen LogP contribution in [0.15, 0.2) is 35.2 Å². The predicted molar refractivity (Wildman–Crippen MR) is 157 cm³/mol. The molecule has 0 bridgehead atoms. The van der Waals surface area contributed by atoms with Crippen LogP contribution in [0.25, 0.3) is 0 Å². The van der Waals surface area contributed by atoms with E-state index in [-0.39, 0.29) is 0 Å². The average Bonchev–Trinajstić information content (AvgIpc) is 2.84. The van der Waals surface area contributed by atoms with Gasteiger partial charge in [0.25, 0.3) is 0 Å². The van der Waals surface area contributed by atoms with Crippen molar-refractivity contribution in [3.8, 4) is 5.75 Å². The van der Waals surface area contributed by atoms with Gasteiger partial charge in [0.15, 0.2) is 0 Å². The number of thiocarbonyl (C=S) groups is 1. The number of rotatable bonds is 21. The van der Waals surface area contributed by atoms with E-state index in [1.54, 1.807) is 7.11 Å². The molecule has 0 aromatic heterocycles. The van der Waals surface area contributed by atoms with E-state index in [2.05, 4.69) is 42.7 Å². The second kappa shape index (κ2) is 21.3. The van der Waals surface area contributed by atoms with Gasteiger partial charge in [0, 0.05) is 31.0 Å². The number of nitrogens with zero attached hydrogens (tertiary/aromatic N) is 1. The summed E-state index contributed by atoms with van der Waals surface area (Å²) in [5.74, 6) is 0.794. The number of allylic oxidation sites excluding steroid dienone is 2. The molecule has 0 radical (unpaired) electrons. The lowest BCUT2D eigenvalue weighted by Gasteiger charge is -2.25. The lowest BCUT2D eigenvalue weighted by atomic mass is 10.1. The van der Waals surface area contributed by atoms with E-state index in [1.165, 1.54) is 89.9 Å². The van der Waals surface area contributed by atoms with Crippen LogP contribution in [-0.2, 0) is 6.42 Å². The molecular weight excluding hydrogens is 456 g/mol. The first-order chi connectivity index (χ1) is 16.6. The molecule has 0 aliphatic heterocycles. The summed E-state index contributed by atoms with van der Waals surface area (Å²) < 4.78 is 5.38. The van der Waals surface area contributed by atoms with E-state index in [9.17, 15) is 0 Å². The third-order valence-electron chi connectivity index (χ3n) is 6.29. The summed E-state index contributed by atoms with van der Waals surface area (Å²) in [7, 11) is 1.67. The number of hydrogen-bond donors (Lipinski definition) is 2. The molecule has 194 valence electrons. The molecule has 0 amide bonds. The Morgan fingerprint density at radius 2 is 1.50 bits per heavy atom. The number of methoxy groups -OCH3 is 1. The molecule has 1 rings (SSSR count). The fourth-order valence-electron chi connectivity index (χ4n) is 4.19. The van der Waals surface area contributed by atoms with Gasteiger partial charge in [-0.25, -0.2) is 0 Å². The standard InChI is InChI=1S/C29H50N2OS2/c1-3-4-5-6-7-8-9-10-11-12-13-14-15-16-17-18-22-31(23-21-30)29(34)25-26-19-20-28(33)27(24-26)32-2/h10-11,19-20,24,33H,3-9,12-18,21-23,25,30H2,1-2H3/b11-10-. The summed E-state index contributed by atoms with van der Waals surface area (Å²) in [6.07, 6.45) is 24.1. The van der Waals surface area contributed by atoms with Crippen molar-refractivity contribution in [2.45, 2.75) is 108 Å². The highest BCUT2D eigenvalue weighted by Gasteiger charge is 2.11. The molecule has 1 aromatic rings. The fourth-order valence-corrected chi connectivity index (χ4v) is 4.77. The van der Waals surface area contributed by atoms with Gasteiger partial charge in [-0.2, -0.15) is 0 Å². The maximum Gasteiger partial charge on any atom is 0.132 e. The molecule has 0 aliphatic carbocycles. The largest absolute Gasteiger partial charge is 0.496 e. The van der Waals surface area contributed by atoms with Crippen molar-refractivity contribution in [2.75, 3.05) is 26.7 Å². The van der Waals surface area contributed by atoms with Crippen molar-refractivity contribution in [2.24, 2.45) is 5.73 Å². The van der Waals surface area contributed by atoms with Gasteiger partial charge >= 0.3 is 0 Å². The van der Waals surface area contributed by atoms with Crippen molar-refractivity contribution in [1.82, 2.24) is 4.90 Å². The molecule has 0 atom stereocenters. The zero-order valence-corrected chi connectivity index (χ0v) is 23.6. The normalized spacial score (nSPS) is 11.3. The molecule has 0 unspecified atom stereocenters. The molecular formula is C29H50N2OS2. The Balaban J connectivity index is 2.11. The first-order valence-electron chi connectivity index (χ1n) is 13.6. The highest BCUT2D eigenvalue weighted by molar-refractivity contribution is 7.80. The number of unbranched alkanes of at least 4 members (excludes halogenated alkanes) is 12. The molecule has 0 spiro atoms. The van der Waals surface area contributed by atoms with Crippen LogP contribution in [0.3, 0.4) is 0 Å². The SMILES string of the molecule is CCCCCCCC/C=C\CCCCCCCCN(CCN)C(=S)Cc1ccc(S)c(OC)c1. The minimum atomic E-state index is 0.630. The first kappa shape index (κ1) is 31.0. The molecule has 2 N–H and O–H groups in total. The second-order valence-electron chi connectivity index (χ2n) is 9.29. The molecule has 1 aromatic carbocycles. The Labute approximate surface area is 221 Å². The molecule has 0 saturated heterocycles. The number of nitrogens with two attached hydrogens (primary N) is 1. The molecule has 3 nitrogen and oxygen atoms in total. The van der Waals surface area contributed by atoms with Crippen molar-refractivity contribution < 1.29 is 4.74 Å². The Bertz CT molecular complexity index is 678. The van der Waals surface area contributed by atoms with Gasteiger partial charge < -0.3 is 15.4 Å². The number of hydrogen-bond acceptors (Lipinski definition) is 4. The van der Waals surface area contributed by atoms with Gasteiger partial charge in [-0.15, -0.1) is 12.6 Å². The number of benzene rings is 1. The fraction of sp³-hybridized carbons (Fsp3) is 0.690. The minimum absolute atomic E-state index is 0.630. The van der Waals surface area contributed by atoms with Crippen LogP contribution in [0.2, 0.25) is 0 Å². The van der Waals surface area contributed by atoms with Gasteiger partial charge in [-0.3, -0.25) is 0 Å². The Kier molecular flexibility index (Phi) is 19.4. The second-order valence-corrected chi connectivity index (χ2v) is 10.2. The minimum Gasteiger partial charge on any atom is -0.496 e. The topological polar surface area (TPSA) is 38.5 Å². The van der Waals surface area contributed by atoms with Crippen LogP contribution in [0, 0.1) is 0 Å². The van der Waals surface area contributed by atoms with Gasteiger partial charge in [-0.05, 0) is 49.8 Å². The molecule has 0 aliphatic rings. The third-order valence-corrected chi connectivity index (χ3v) is 7.06. The summed E-state index contributed by atoms with van der Waals surface area (Å²) in [5.41, 5.74) is 7.01. The summed E-state index contributed by atoms with van der Waals surface area (Å²) in [6.45, 7) is 4.73. The van der Waals surface area contributed by atoms with Crippen LogP contribution >= 0.6 is 24.8 Å². The van der Waals surface area contributed by atoms with E-state index < -0.39 is 0 Å². The van der Waals surface area contributed by atoms with E-state index >= 15 is 0 Å². The molecule has 0 heterocycles. The smallest absolute Gasteiger partial charge is 0.132 e. The van der Waals surface area contributed by atoms with Crippen LogP contribution < -0.4 is 10.5 Å². The van der Waals surface area contributed by atoms with Crippen LogP contribution in [0.4, 0.5) is 0 Å². The van der Waals surface area contributed by atoms with Crippen molar-refractivity contribution in [1.29, 1.82) is 0 Å². The van der Waals surface area contributed by atoms with E-state index in [1.807, 2.05) is 12.1 Å². The quantitative estimate of drug-likeness (QED) is 0.0763. The first-order valence-corrected chi connectivity index (χ1v) is 14.5. The summed E-state index contributed by atoms with van der Waals surface area (Å²) in [6, 6.07) is 6.07.